The second kappa shape index (κ2) is 6.97. The molecule has 0 unspecified atom stereocenters. The minimum Gasteiger partial charge on any atom is -0.457 e. The molecular weight excluding hydrogens is 282 g/mol. The zero-order valence-electron chi connectivity index (χ0n) is 13.0. The normalized spacial score (nSPS) is 11.0. The second-order valence-corrected chi connectivity index (χ2v) is 5.95. The maximum atomic E-state index is 6.29. The van der Waals surface area contributed by atoms with Crippen molar-refractivity contribution in [3.05, 3.63) is 58.1 Å². The highest BCUT2D eigenvalue weighted by molar-refractivity contribution is 6.31. The van der Waals surface area contributed by atoms with Crippen LogP contribution >= 0.6 is 11.6 Å². The molecular formula is C18H22ClNO. The maximum Gasteiger partial charge on any atom is 0.133 e. The molecule has 0 atom stereocenters. The van der Waals surface area contributed by atoms with Gasteiger partial charge in [0.05, 0.1) is 0 Å². The van der Waals surface area contributed by atoms with Crippen LogP contribution in [0.25, 0.3) is 0 Å². The van der Waals surface area contributed by atoms with Crippen LogP contribution in [-0.2, 0) is 6.54 Å². The molecule has 0 radical (unpaired) electrons. The third-order valence-corrected chi connectivity index (χ3v) is 3.79. The zero-order chi connectivity index (χ0) is 15.4. The van der Waals surface area contributed by atoms with E-state index in [4.69, 9.17) is 16.3 Å². The number of rotatable bonds is 5. The van der Waals surface area contributed by atoms with Crippen LogP contribution < -0.4 is 10.1 Å². The molecule has 0 saturated carbocycles. The summed E-state index contributed by atoms with van der Waals surface area (Å²) in [7, 11) is 1.90. The third-order valence-electron chi connectivity index (χ3n) is 3.44. The summed E-state index contributed by atoms with van der Waals surface area (Å²) in [4.78, 5) is 0. The Balaban J connectivity index is 2.43. The Morgan fingerprint density at radius 2 is 1.90 bits per heavy atom. The average molecular weight is 304 g/mol. The Labute approximate surface area is 132 Å². The van der Waals surface area contributed by atoms with Crippen LogP contribution in [0, 0.1) is 6.92 Å². The Kier molecular flexibility index (Phi) is 5.27. The van der Waals surface area contributed by atoms with Crippen molar-refractivity contribution in [3.63, 3.8) is 0 Å². The monoisotopic (exact) mass is 303 g/mol. The fraction of sp³-hybridized carbons (Fsp3) is 0.333. The minimum absolute atomic E-state index is 0.410. The molecule has 0 bridgehead atoms. The van der Waals surface area contributed by atoms with Crippen LogP contribution in [0.3, 0.4) is 0 Å². The Bertz CT molecular complexity index is 623. The van der Waals surface area contributed by atoms with E-state index >= 15 is 0 Å². The number of ether oxygens (including phenoxy) is 1. The Hall–Kier alpha value is -1.51. The maximum absolute atomic E-state index is 6.29. The summed E-state index contributed by atoms with van der Waals surface area (Å²) in [5.74, 6) is 2.13. The number of hydrogen-bond acceptors (Lipinski definition) is 2. The van der Waals surface area contributed by atoms with E-state index in [2.05, 4.69) is 44.3 Å². The van der Waals surface area contributed by atoms with Crippen LogP contribution in [-0.4, -0.2) is 7.05 Å². The van der Waals surface area contributed by atoms with E-state index in [-0.39, 0.29) is 0 Å². The van der Waals surface area contributed by atoms with Gasteiger partial charge in [0.25, 0.3) is 0 Å². The molecule has 0 aromatic heterocycles. The van der Waals surface area contributed by atoms with Crippen molar-refractivity contribution in [2.24, 2.45) is 0 Å². The summed E-state index contributed by atoms with van der Waals surface area (Å²) < 4.78 is 6.19. The Morgan fingerprint density at radius 1 is 1.14 bits per heavy atom. The molecule has 2 aromatic rings. The van der Waals surface area contributed by atoms with E-state index in [1.165, 1.54) is 11.1 Å². The van der Waals surface area contributed by atoms with E-state index in [0.29, 0.717) is 12.5 Å². The molecule has 21 heavy (non-hydrogen) atoms. The van der Waals surface area contributed by atoms with Gasteiger partial charge in [0.15, 0.2) is 0 Å². The largest absolute Gasteiger partial charge is 0.457 e. The highest BCUT2D eigenvalue weighted by atomic mass is 35.5. The van der Waals surface area contributed by atoms with Gasteiger partial charge in [-0.15, -0.1) is 0 Å². The summed E-state index contributed by atoms with van der Waals surface area (Å²) in [6.45, 7) is 7.09. The first-order valence-electron chi connectivity index (χ1n) is 7.23. The molecule has 0 aliphatic rings. The molecule has 0 spiro atoms. The van der Waals surface area contributed by atoms with Gasteiger partial charge in [0.1, 0.15) is 11.5 Å². The van der Waals surface area contributed by atoms with Crippen LogP contribution in [0.2, 0.25) is 5.02 Å². The molecule has 2 aromatic carbocycles. The third kappa shape index (κ3) is 3.78. The lowest BCUT2D eigenvalue weighted by Crippen LogP contribution is -2.07. The van der Waals surface area contributed by atoms with E-state index in [9.17, 15) is 0 Å². The first-order valence-corrected chi connectivity index (χ1v) is 7.61. The van der Waals surface area contributed by atoms with Gasteiger partial charge in [-0.2, -0.15) is 0 Å². The topological polar surface area (TPSA) is 21.3 Å². The molecule has 112 valence electrons. The highest BCUT2D eigenvalue weighted by Gasteiger charge is 2.13. The summed E-state index contributed by atoms with van der Waals surface area (Å²) >= 11 is 6.29. The van der Waals surface area contributed by atoms with Gasteiger partial charge in [-0.05, 0) is 49.2 Å². The van der Waals surface area contributed by atoms with Crippen molar-refractivity contribution >= 4 is 11.6 Å². The smallest absolute Gasteiger partial charge is 0.133 e. The summed E-state index contributed by atoms with van der Waals surface area (Å²) in [6, 6.07) is 12.1. The predicted molar refractivity (Wildman–Crippen MR) is 89.6 cm³/mol. The van der Waals surface area contributed by atoms with Gasteiger partial charge in [-0.1, -0.05) is 43.6 Å². The molecule has 3 heteroatoms. The zero-order valence-corrected chi connectivity index (χ0v) is 13.8. The quantitative estimate of drug-likeness (QED) is 0.811. The van der Waals surface area contributed by atoms with Crippen LogP contribution in [0.5, 0.6) is 11.5 Å². The highest BCUT2D eigenvalue weighted by Crippen LogP contribution is 2.35. The molecule has 0 saturated heterocycles. The van der Waals surface area contributed by atoms with Gasteiger partial charge in [-0.3, -0.25) is 0 Å². The molecule has 0 heterocycles. The van der Waals surface area contributed by atoms with Gasteiger partial charge < -0.3 is 10.1 Å². The standard InChI is InChI=1S/C18H22ClNO/c1-12(2)14-9-8-13(3)10-18(14)21-17-7-5-6-16(19)15(17)11-20-4/h5-10,12,20H,11H2,1-4H3. The Morgan fingerprint density at radius 3 is 2.57 bits per heavy atom. The van der Waals surface area contributed by atoms with Crippen molar-refractivity contribution in [3.8, 4) is 11.5 Å². The summed E-state index contributed by atoms with van der Waals surface area (Å²) in [5.41, 5.74) is 3.38. The van der Waals surface area contributed by atoms with E-state index < -0.39 is 0 Å². The first-order chi connectivity index (χ1) is 10.0. The molecule has 0 aliphatic carbocycles. The number of benzene rings is 2. The summed E-state index contributed by atoms with van der Waals surface area (Å²) in [5, 5.41) is 3.86. The van der Waals surface area contributed by atoms with E-state index in [0.717, 1.165) is 22.1 Å². The predicted octanol–water partition coefficient (Wildman–Crippen LogP) is 5.28. The first kappa shape index (κ1) is 15.9. The van der Waals surface area contributed by atoms with E-state index in [1.54, 1.807) is 0 Å². The average Bonchev–Trinajstić information content (AvgIpc) is 2.42. The number of nitrogens with one attached hydrogen (secondary N) is 1. The lowest BCUT2D eigenvalue weighted by Gasteiger charge is -2.17. The van der Waals surface area contributed by atoms with Gasteiger partial charge >= 0.3 is 0 Å². The fourth-order valence-electron chi connectivity index (χ4n) is 2.31. The van der Waals surface area contributed by atoms with E-state index in [1.807, 2.05) is 25.2 Å². The molecule has 0 fully saturated rings. The molecule has 2 rings (SSSR count). The van der Waals surface area contributed by atoms with Gasteiger partial charge in [0, 0.05) is 17.1 Å². The van der Waals surface area contributed by atoms with Crippen LogP contribution in [0.4, 0.5) is 0 Å². The van der Waals surface area contributed by atoms with Crippen molar-refractivity contribution < 1.29 is 4.74 Å². The minimum atomic E-state index is 0.410. The number of aryl methyl sites for hydroxylation is 1. The number of hydrogen-bond donors (Lipinski definition) is 1. The fourth-order valence-corrected chi connectivity index (χ4v) is 2.54. The lowest BCUT2D eigenvalue weighted by molar-refractivity contribution is 0.465. The van der Waals surface area contributed by atoms with Crippen LogP contribution in [0.1, 0.15) is 36.5 Å². The van der Waals surface area contributed by atoms with Crippen LogP contribution in [0.15, 0.2) is 36.4 Å². The van der Waals surface area contributed by atoms with Crippen molar-refractivity contribution in [2.45, 2.75) is 33.2 Å². The molecule has 1 N–H and O–H groups in total. The van der Waals surface area contributed by atoms with Crippen molar-refractivity contribution in [1.82, 2.24) is 5.32 Å². The molecule has 0 amide bonds. The summed E-state index contributed by atoms with van der Waals surface area (Å²) in [6.07, 6.45) is 0. The van der Waals surface area contributed by atoms with Crippen molar-refractivity contribution in [1.29, 1.82) is 0 Å². The second-order valence-electron chi connectivity index (χ2n) is 5.54. The molecule has 0 aliphatic heterocycles. The van der Waals surface area contributed by atoms with Crippen molar-refractivity contribution in [2.75, 3.05) is 7.05 Å². The lowest BCUT2D eigenvalue weighted by atomic mass is 10.0. The molecule has 2 nitrogen and oxygen atoms in total. The van der Waals surface area contributed by atoms with Gasteiger partial charge in [0.2, 0.25) is 0 Å². The number of halogens is 1. The SMILES string of the molecule is CNCc1c(Cl)cccc1Oc1cc(C)ccc1C(C)C. The van der Waals surface area contributed by atoms with Gasteiger partial charge in [-0.25, -0.2) is 0 Å².